The highest BCUT2D eigenvalue weighted by molar-refractivity contribution is 5.91. The number of nitrogens with zero attached hydrogens (tertiary/aromatic N) is 1. The Bertz CT molecular complexity index is 967. The lowest BCUT2D eigenvalue weighted by Crippen LogP contribution is -2.28. The molecule has 0 aliphatic heterocycles. The molecule has 3 rings (SSSR count). The number of halogens is 2. The molecule has 0 atom stereocenters. The maximum atomic E-state index is 12.6. The minimum Gasteiger partial charge on any atom is -0.489 e. The summed E-state index contributed by atoms with van der Waals surface area (Å²) in [6, 6.07) is 15.2. The zero-order chi connectivity index (χ0) is 21.3. The summed E-state index contributed by atoms with van der Waals surface area (Å²) in [5.74, 6) is 0.607. The Morgan fingerprint density at radius 3 is 2.57 bits per heavy atom. The van der Waals surface area contributed by atoms with Crippen molar-refractivity contribution in [2.24, 2.45) is 0 Å². The van der Waals surface area contributed by atoms with E-state index >= 15 is 0 Å². The van der Waals surface area contributed by atoms with E-state index in [-0.39, 0.29) is 18.0 Å². The Hall–Kier alpha value is -3.68. The average Bonchev–Trinajstić information content (AvgIpc) is 2.74. The van der Waals surface area contributed by atoms with Crippen LogP contribution in [0.1, 0.15) is 16.7 Å². The van der Waals surface area contributed by atoms with Crippen molar-refractivity contribution in [2.45, 2.75) is 26.7 Å². The zero-order valence-corrected chi connectivity index (χ0v) is 16.3. The Morgan fingerprint density at radius 2 is 1.87 bits per heavy atom. The Morgan fingerprint density at radius 1 is 1.07 bits per heavy atom. The number of aromatic nitrogens is 1. The highest BCUT2D eigenvalue weighted by Gasteiger charge is 2.14. The third-order valence-corrected chi connectivity index (χ3v) is 4.19. The third kappa shape index (κ3) is 6.16. The van der Waals surface area contributed by atoms with Crippen LogP contribution in [0.25, 0.3) is 0 Å². The highest BCUT2D eigenvalue weighted by atomic mass is 19.3. The van der Waals surface area contributed by atoms with Crippen LogP contribution in [0.5, 0.6) is 11.5 Å². The number of aryl methyl sites for hydroxylation is 1. The molecule has 0 saturated heterocycles. The highest BCUT2D eigenvalue weighted by Crippen LogP contribution is 2.29. The summed E-state index contributed by atoms with van der Waals surface area (Å²) in [4.78, 5) is 16.2. The lowest BCUT2D eigenvalue weighted by Gasteiger charge is -2.15. The van der Waals surface area contributed by atoms with Crippen LogP contribution in [-0.4, -0.2) is 17.6 Å². The van der Waals surface area contributed by atoms with Gasteiger partial charge in [0.2, 0.25) is 0 Å². The quantitative estimate of drug-likeness (QED) is 0.551. The van der Waals surface area contributed by atoms with E-state index in [1.165, 1.54) is 6.07 Å². The molecular formula is C22H21F2N3O3. The lowest BCUT2D eigenvalue weighted by atomic mass is 10.2. The maximum absolute atomic E-state index is 12.6. The molecular weight excluding hydrogens is 392 g/mol. The lowest BCUT2D eigenvalue weighted by molar-refractivity contribution is -0.0493. The molecule has 1 heterocycles. The van der Waals surface area contributed by atoms with Crippen molar-refractivity contribution in [3.8, 4) is 11.5 Å². The SMILES string of the molecule is Cc1cccc(OC(F)F)c1NC(=O)NCc1ccc(OCc2cccnc2)cc1. The fraction of sp³-hybridized carbons (Fsp3) is 0.182. The van der Waals surface area contributed by atoms with Gasteiger partial charge in [-0.3, -0.25) is 4.98 Å². The predicted molar refractivity (Wildman–Crippen MR) is 109 cm³/mol. The number of hydrogen-bond donors (Lipinski definition) is 2. The van der Waals surface area contributed by atoms with E-state index < -0.39 is 12.6 Å². The molecule has 2 amide bonds. The second-order valence-electron chi connectivity index (χ2n) is 6.43. The van der Waals surface area contributed by atoms with Crippen LogP contribution >= 0.6 is 0 Å². The van der Waals surface area contributed by atoms with Gasteiger partial charge in [-0.1, -0.05) is 30.3 Å². The van der Waals surface area contributed by atoms with Crippen molar-refractivity contribution in [2.75, 3.05) is 5.32 Å². The fourth-order valence-electron chi connectivity index (χ4n) is 2.69. The first kappa shape index (κ1) is 21.0. The predicted octanol–water partition coefficient (Wildman–Crippen LogP) is 4.89. The topological polar surface area (TPSA) is 72.5 Å². The third-order valence-electron chi connectivity index (χ3n) is 4.19. The molecule has 8 heteroatoms. The van der Waals surface area contributed by atoms with Gasteiger partial charge in [-0.25, -0.2) is 4.79 Å². The number of benzene rings is 2. The van der Waals surface area contributed by atoms with Crippen LogP contribution in [0.15, 0.2) is 67.0 Å². The van der Waals surface area contributed by atoms with Crippen LogP contribution in [0.4, 0.5) is 19.3 Å². The van der Waals surface area contributed by atoms with E-state index in [0.717, 1.165) is 11.1 Å². The van der Waals surface area contributed by atoms with Gasteiger partial charge in [0.1, 0.15) is 18.1 Å². The van der Waals surface area contributed by atoms with Crippen molar-refractivity contribution in [1.29, 1.82) is 0 Å². The number of anilines is 1. The molecule has 0 fully saturated rings. The molecule has 0 bridgehead atoms. The van der Waals surface area contributed by atoms with E-state index in [4.69, 9.17) is 4.74 Å². The van der Waals surface area contributed by atoms with Gasteiger partial charge in [-0.05, 0) is 42.3 Å². The number of ether oxygens (including phenoxy) is 2. The van der Waals surface area contributed by atoms with E-state index in [9.17, 15) is 13.6 Å². The molecule has 1 aromatic heterocycles. The number of carbonyl (C=O) groups excluding carboxylic acids is 1. The molecule has 0 spiro atoms. The van der Waals surface area contributed by atoms with Gasteiger partial charge < -0.3 is 20.1 Å². The number of alkyl halides is 2. The molecule has 0 aliphatic carbocycles. The Balaban J connectivity index is 1.51. The van der Waals surface area contributed by atoms with E-state index in [2.05, 4.69) is 20.4 Å². The average molecular weight is 413 g/mol. The molecule has 0 radical (unpaired) electrons. The first-order valence-corrected chi connectivity index (χ1v) is 9.21. The smallest absolute Gasteiger partial charge is 0.387 e. The molecule has 0 saturated carbocycles. The summed E-state index contributed by atoms with van der Waals surface area (Å²) >= 11 is 0. The van der Waals surface area contributed by atoms with Crippen molar-refractivity contribution < 1.29 is 23.0 Å². The number of hydrogen-bond acceptors (Lipinski definition) is 4. The number of carbonyl (C=O) groups is 1. The standard InChI is InChI=1S/C22H21F2N3O3/c1-15-4-2-6-19(30-21(23)24)20(15)27-22(28)26-13-16-7-9-18(10-8-16)29-14-17-5-3-11-25-12-17/h2-12,21H,13-14H2,1H3,(H2,26,27,28). The van der Waals surface area contributed by atoms with Gasteiger partial charge in [0.15, 0.2) is 0 Å². The summed E-state index contributed by atoms with van der Waals surface area (Å²) in [7, 11) is 0. The normalized spacial score (nSPS) is 10.5. The molecule has 3 aromatic rings. The minimum absolute atomic E-state index is 0.0877. The summed E-state index contributed by atoms with van der Waals surface area (Å²) in [6.07, 6.45) is 3.44. The van der Waals surface area contributed by atoms with Crippen LogP contribution in [-0.2, 0) is 13.2 Å². The zero-order valence-electron chi connectivity index (χ0n) is 16.3. The summed E-state index contributed by atoms with van der Waals surface area (Å²) in [5.41, 5.74) is 2.63. The van der Waals surface area contributed by atoms with Crippen LogP contribution < -0.4 is 20.1 Å². The number of amides is 2. The number of pyridine rings is 1. The minimum atomic E-state index is -2.98. The summed E-state index contributed by atoms with van der Waals surface area (Å²) < 4.78 is 35.3. The van der Waals surface area contributed by atoms with Gasteiger partial charge in [-0.15, -0.1) is 0 Å². The molecule has 2 N–H and O–H groups in total. The van der Waals surface area contributed by atoms with Gasteiger partial charge in [-0.2, -0.15) is 8.78 Å². The molecule has 2 aromatic carbocycles. The van der Waals surface area contributed by atoms with Gasteiger partial charge in [0.05, 0.1) is 5.69 Å². The van der Waals surface area contributed by atoms with Crippen LogP contribution in [0.2, 0.25) is 0 Å². The second kappa shape index (κ2) is 10.2. The molecule has 0 aliphatic rings. The molecule has 6 nitrogen and oxygen atoms in total. The molecule has 0 unspecified atom stereocenters. The van der Waals surface area contributed by atoms with Crippen LogP contribution in [0.3, 0.4) is 0 Å². The Kier molecular flexibility index (Phi) is 7.15. The van der Waals surface area contributed by atoms with Crippen LogP contribution in [0, 0.1) is 6.92 Å². The van der Waals surface area contributed by atoms with Crippen molar-refractivity contribution in [3.63, 3.8) is 0 Å². The second-order valence-corrected chi connectivity index (χ2v) is 6.43. The van der Waals surface area contributed by atoms with Gasteiger partial charge >= 0.3 is 12.6 Å². The number of urea groups is 1. The first-order valence-electron chi connectivity index (χ1n) is 9.21. The van der Waals surface area contributed by atoms with Gasteiger partial charge in [0.25, 0.3) is 0 Å². The largest absolute Gasteiger partial charge is 0.489 e. The first-order chi connectivity index (χ1) is 14.5. The van der Waals surface area contributed by atoms with Gasteiger partial charge in [0, 0.05) is 24.5 Å². The molecule has 30 heavy (non-hydrogen) atoms. The van der Waals surface area contributed by atoms with Crippen molar-refractivity contribution >= 4 is 11.7 Å². The summed E-state index contributed by atoms with van der Waals surface area (Å²) in [5, 5.41) is 5.26. The fourth-order valence-corrected chi connectivity index (χ4v) is 2.69. The monoisotopic (exact) mass is 413 g/mol. The molecule has 156 valence electrons. The summed E-state index contributed by atoms with van der Waals surface area (Å²) in [6.45, 7) is -0.619. The number of rotatable bonds is 8. The van der Waals surface area contributed by atoms with E-state index in [1.54, 1.807) is 43.6 Å². The van der Waals surface area contributed by atoms with E-state index in [1.807, 2.05) is 24.3 Å². The van der Waals surface area contributed by atoms with Crippen molar-refractivity contribution in [1.82, 2.24) is 10.3 Å². The van der Waals surface area contributed by atoms with E-state index in [0.29, 0.717) is 17.9 Å². The van der Waals surface area contributed by atoms with Crippen molar-refractivity contribution in [3.05, 3.63) is 83.7 Å². The number of para-hydroxylation sites is 1. The number of nitrogens with one attached hydrogen (secondary N) is 2. The Labute approximate surface area is 172 Å². The maximum Gasteiger partial charge on any atom is 0.387 e.